The number of ether oxygens (including phenoxy) is 1. The number of amides is 3. The Morgan fingerprint density at radius 3 is 2.55 bits per heavy atom. The van der Waals surface area contributed by atoms with E-state index in [2.05, 4.69) is 15.6 Å². The van der Waals surface area contributed by atoms with Gasteiger partial charge in [-0.05, 0) is 45.0 Å². The van der Waals surface area contributed by atoms with Crippen LogP contribution in [0.4, 0.5) is 4.79 Å². The molecule has 0 saturated carbocycles. The van der Waals surface area contributed by atoms with Crippen molar-refractivity contribution in [3.8, 4) is 11.8 Å². The summed E-state index contributed by atoms with van der Waals surface area (Å²) in [6.45, 7) is 5.07. The Balaban J connectivity index is 1.99. The molecule has 1 aliphatic rings. The summed E-state index contributed by atoms with van der Waals surface area (Å²) >= 11 is 0. The second-order valence-corrected chi connectivity index (χ2v) is 5.40. The Bertz CT molecular complexity index is 671. The van der Waals surface area contributed by atoms with Crippen LogP contribution in [0.15, 0.2) is 29.3 Å². The van der Waals surface area contributed by atoms with Crippen molar-refractivity contribution < 1.29 is 14.3 Å². The first-order valence-electron chi connectivity index (χ1n) is 6.71. The third kappa shape index (κ3) is 3.41. The zero-order valence-corrected chi connectivity index (χ0v) is 12.5. The Hall–Kier alpha value is -2.88. The number of nitrogens with one attached hydrogen (secondary N) is 2. The van der Waals surface area contributed by atoms with Gasteiger partial charge in [0.15, 0.2) is 6.10 Å². The highest BCUT2D eigenvalue weighted by Crippen LogP contribution is 2.14. The number of carbonyl (C=O) groups is 2. The van der Waals surface area contributed by atoms with Gasteiger partial charge in [0.2, 0.25) is 0 Å². The first-order valence-corrected chi connectivity index (χ1v) is 6.71. The third-order valence-corrected chi connectivity index (χ3v) is 3.13. The second kappa shape index (κ2) is 5.85. The average Bonchev–Trinajstić information content (AvgIpc) is 2.71. The van der Waals surface area contributed by atoms with Crippen LogP contribution in [0.25, 0.3) is 0 Å². The molecule has 22 heavy (non-hydrogen) atoms. The van der Waals surface area contributed by atoms with Crippen LogP contribution in [-0.2, 0) is 4.79 Å². The number of nitriles is 1. The van der Waals surface area contributed by atoms with E-state index in [9.17, 15) is 9.59 Å². The van der Waals surface area contributed by atoms with Crippen molar-refractivity contribution in [3.63, 3.8) is 0 Å². The predicted octanol–water partition coefficient (Wildman–Crippen LogP) is 1.34. The van der Waals surface area contributed by atoms with Crippen molar-refractivity contribution in [1.29, 1.82) is 5.26 Å². The van der Waals surface area contributed by atoms with Gasteiger partial charge in [-0.1, -0.05) is 0 Å². The molecule has 7 heteroatoms. The highest BCUT2D eigenvalue weighted by atomic mass is 16.5. The largest absolute Gasteiger partial charge is 0.481 e. The molecule has 114 valence electrons. The van der Waals surface area contributed by atoms with Gasteiger partial charge in [-0.25, -0.2) is 4.79 Å². The van der Waals surface area contributed by atoms with Gasteiger partial charge in [0, 0.05) is 0 Å². The van der Waals surface area contributed by atoms with Crippen molar-refractivity contribution in [2.75, 3.05) is 0 Å². The minimum absolute atomic E-state index is 0.262. The number of rotatable bonds is 3. The lowest BCUT2D eigenvalue weighted by molar-refractivity contribution is -0.125. The van der Waals surface area contributed by atoms with Crippen molar-refractivity contribution >= 4 is 17.8 Å². The summed E-state index contributed by atoms with van der Waals surface area (Å²) in [4.78, 5) is 27.1. The highest BCUT2D eigenvalue weighted by Gasteiger charge is 2.35. The fraction of sp³-hybridized carbons (Fsp3) is 0.333. The molecule has 1 heterocycles. The summed E-state index contributed by atoms with van der Waals surface area (Å²) in [6.07, 6.45) is -0.776. The molecule has 3 amide bonds. The molecule has 0 radical (unpaired) electrons. The lowest BCUT2D eigenvalue weighted by Gasteiger charge is -2.22. The fourth-order valence-electron chi connectivity index (χ4n) is 1.86. The van der Waals surface area contributed by atoms with Crippen LogP contribution in [0.3, 0.4) is 0 Å². The van der Waals surface area contributed by atoms with Crippen LogP contribution >= 0.6 is 0 Å². The summed E-state index contributed by atoms with van der Waals surface area (Å²) in [6, 6.07) is 7.96. The van der Waals surface area contributed by atoms with Crippen LogP contribution in [0.1, 0.15) is 26.3 Å². The summed E-state index contributed by atoms with van der Waals surface area (Å²) in [5.74, 6) is 0.328. The normalized spacial score (nSPS) is 17.0. The van der Waals surface area contributed by atoms with Crippen molar-refractivity contribution in [2.24, 2.45) is 4.99 Å². The highest BCUT2D eigenvalue weighted by molar-refractivity contribution is 6.12. The van der Waals surface area contributed by atoms with Crippen molar-refractivity contribution in [3.05, 3.63) is 29.8 Å². The molecule has 7 nitrogen and oxygen atoms in total. The molecule has 1 aromatic rings. The molecule has 2 rings (SSSR count). The SMILES string of the molecule is C[C@@H](Oc1ccc(C#N)cc1)C(=O)NC1=NC(=O)NC1(C)C. The Morgan fingerprint density at radius 1 is 1.41 bits per heavy atom. The lowest BCUT2D eigenvalue weighted by atomic mass is 10.1. The average molecular weight is 300 g/mol. The number of carbonyl (C=O) groups excluding carboxylic acids is 2. The molecule has 0 saturated heterocycles. The smallest absolute Gasteiger partial charge is 0.343 e. The molecule has 0 fully saturated rings. The number of hydrogen-bond acceptors (Lipinski definition) is 4. The molecular weight excluding hydrogens is 284 g/mol. The number of aliphatic imine (C=N–C) groups is 1. The third-order valence-electron chi connectivity index (χ3n) is 3.13. The fourth-order valence-corrected chi connectivity index (χ4v) is 1.86. The van der Waals surface area contributed by atoms with Gasteiger partial charge in [-0.3, -0.25) is 4.79 Å². The first-order chi connectivity index (χ1) is 10.3. The number of urea groups is 1. The number of hydrogen-bond donors (Lipinski definition) is 2. The molecule has 0 aromatic heterocycles. The minimum atomic E-state index is -0.776. The van der Waals surface area contributed by atoms with E-state index < -0.39 is 23.6 Å². The maximum atomic E-state index is 12.1. The van der Waals surface area contributed by atoms with Crippen molar-refractivity contribution in [2.45, 2.75) is 32.4 Å². The molecular formula is C15H16N4O3. The van der Waals surface area contributed by atoms with Crippen LogP contribution in [0.5, 0.6) is 5.75 Å². The Morgan fingerprint density at radius 2 is 2.05 bits per heavy atom. The number of benzene rings is 1. The summed E-state index contributed by atoms with van der Waals surface area (Å²) in [5, 5.41) is 13.9. The number of amidine groups is 1. The van der Waals surface area contributed by atoms with E-state index in [1.165, 1.54) is 0 Å². The van der Waals surface area contributed by atoms with Gasteiger partial charge in [-0.15, -0.1) is 0 Å². The zero-order valence-electron chi connectivity index (χ0n) is 12.5. The molecule has 0 unspecified atom stereocenters. The Kier molecular flexibility index (Phi) is 4.13. The standard InChI is InChI=1S/C15H16N4O3/c1-9(22-11-6-4-10(8-16)5-7-11)12(20)17-13-15(2,3)19-14(21)18-13/h4-7,9H,1-3H3,(H2,17,18,19,20,21)/t9-/m1/s1. The van der Waals surface area contributed by atoms with Gasteiger partial charge in [0.1, 0.15) is 11.6 Å². The molecule has 1 aliphatic heterocycles. The second-order valence-electron chi connectivity index (χ2n) is 5.40. The maximum absolute atomic E-state index is 12.1. The van der Waals surface area contributed by atoms with Gasteiger partial charge < -0.3 is 15.4 Å². The maximum Gasteiger partial charge on any atom is 0.343 e. The molecule has 0 aliphatic carbocycles. The van der Waals surface area contributed by atoms with Crippen LogP contribution in [0.2, 0.25) is 0 Å². The minimum Gasteiger partial charge on any atom is -0.481 e. The van der Waals surface area contributed by atoms with E-state index in [1.54, 1.807) is 45.0 Å². The topological polar surface area (TPSA) is 104 Å². The summed E-state index contributed by atoms with van der Waals surface area (Å²) in [5.41, 5.74) is -0.211. The van der Waals surface area contributed by atoms with Crippen molar-refractivity contribution in [1.82, 2.24) is 10.6 Å². The van der Waals surface area contributed by atoms with Crippen LogP contribution in [0, 0.1) is 11.3 Å². The number of nitrogens with zero attached hydrogens (tertiary/aromatic N) is 2. The zero-order chi connectivity index (χ0) is 16.3. The molecule has 0 spiro atoms. The predicted molar refractivity (Wildman–Crippen MR) is 79.4 cm³/mol. The summed E-state index contributed by atoms with van der Waals surface area (Å²) < 4.78 is 5.50. The molecule has 2 N–H and O–H groups in total. The Labute approximate surface area is 128 Å². The van der Waals surface area contributed by atoms with E-state index in [1.807, 2.05) is 6.07 Å². The van der Waals surface area contributed by atoms with E-state index in [4.69, 9.17) is 10.00 Å². The molecule has 0 bridgehead atoms. The van der Waals surface area contributed by atoms with E-state index >= 15 is 0 Å². The van der Waals surface area contributed by atoms with Gasteiger partial charge >= 0.3 is 6.03 Å². The molecule has 1 aromatic carbocycles. The summed E-state index contributed by atoms with van der Waals surface area (Å²) in [7, 11) is 0. The van der Waals surface area contributed by atoms with Crippen LogP contribution in [-0.4, -0.2) is 29.4 Å². The van der Waals surface area contributed by atoms with E-state index in [0.29, 0.717) is 11.3 Å². The monoisotopic (exact) mass is 300 g/mol. The molecule has 1 atom stereocenters. The van der Waals surface area contributed by atoms with Crippen LogP contribution < -0.4 is 15.4 Å². The van der Waals surface area contributed by atoms with Gasteiger partial charge in [0.25, 0.3) is 5.91 Å². The van der Waals surface area contributed by atoms with Gasteiger partial charge in [-0.2, -0.15) is 10.3 Å². The quantitative estimate of drug-likeness (QED) is 0.879. The van der Waals surface area contributed by atoms with E-state index in [-0.39, 0.29) is 5.84 Å². The lowest BCUT2D eigenvalue weighted by Crippen LogP contribution is -2.52. The first kappa shape index (κ1) is 15.5. The van der Waals surface area contributed by atoms with E-state index in [0.717, 1.165) is 0 Å². The van der Waals surface area contributed by atoms with Gasteiger partial charge in [0.05, 0.1) is 17.2 Å².